The molecule has 2 aliphatic rings. The first-order valence-electron chi connectivity index (χ1n) is 8.90. The van der Waals surface area contributed by atoms with Crippen LogP contribution in [0.25, 0.3) is 0 Å². The third-order valence-electron chi connectivity index (χ3n) is 4.97. The number of hydrogen-bond acceptors (Lipinski definition) is 6. The number of ether oxygens (including phenoxy) is 2. The lowest BCUT2D eigenvalue weighted by molar-refractivity contribution is 0.166. The maximum atomic E-state index is 5.84. The molecule has 1 unspecified atom stereocenters. The second kappa shape index (κ2) is 7.06. The summed E-state index contributed by atoms with van der Waals surface area (Å²) in [6.45, 7) is 6.97. The topological polar surface area (TPSA) is 51.0 Å². The lowest BCUT2D eigenvalue weighted by Gasteiger charge is -2.25. The second-order valence-electron chi connectivity index (χ2n) is 6.90. The SMILES string of the molecule is Cc1cnc(CN(C)C2CCN(Cc3cccc4c3OCCO4)C2)o1. The molecule has 0 spiro atoms. The number of nitrogens with zero attached hydrogens (tertiary/aromatic N) is 3. The van der Waals surface area contributed by atoms with Crippen LogP contribution in [0, 0.1) is 6.92 Å². The molecule has 1 atom stereocenters. The standard InChI is InChI=1S/C19H25N3O3/c1-14-10-20-18(25-14)13-21(2)16-6-7-22(12-16)11-15-4-3-5-17-19(15)24-9-8-23-17/h3-5,10,16H,6-9,11-13H2,1-2H3. The molecule has 0 radical (unpaired) electrons. The highest BCUT2D eigenvalue weighted by Crippen LogP contribution is 2.34. The zero-order chi connectivity index (χ0) is 17.2. The van der Waals surface area contributed by atoms with Gasteiger partial charge in [0.15, 0.2) is 11.5 Å². The number of aryl methyl sites for hydroxylation is 1. The number of oxazole rings is 1. The molecule has 6 nitrogen and oxygen atoms in total. The first-order chi connectivity index (χ1) is 12.2. The molecule has 1 aromatic heterocycles. The van der Waals surface area contributed by atoms with E-state index in [0.29, 0.717) is 19.3 Å². The number of benzene rings is 1. The molecule has 1 fully saturated rings. The van der Waals surface area contributed by atoms with Crippen LogP contribution in [0.1, 0.15) is 23.6 Å². The summed E-state index contributed by atoms with van der Waals surface area (Å²) in [6.07, 6.45) is 2.94. The van der Waals surface area contributed by atoms with Gasteiger partial charge in [-0.3, -0.25) is 9.80 Å². The first-order valence-corrected chi connectivity index (χ1v) is 8.90. The van der Waals surface area contributed by atoms with Crippen molar-refractivity contribution >= 4 is 0 Å². The van der Waals surface area contributed by atoms with Crippen LogP contribution in [0.2, 0.25) is 0 Å². The zero-order valence-electron chi connectivity index (χ0n) is 14.9. The Balaban J connectivity index is 1.36. The first kappa shape index (κ1) is 16.4. The average Bonchev–Trinajstić information content (AvgIpc) is 3.24. The highest BCUT2D eigenvalue weighted by Gasteiger charge is 2.27. The molecule has 6 heteroatoms. The summed E-state index contributed by atoms with van der Waals surface area (Å²) in [7, 11) is 2.15. The smallest absolute Gasteiger partial charge is 0.208 e. The third-order valence-corrected chi connectivity index (χ3v) is 4.97. The van der Waals surface area contributed by atoms with E-state index in [0.717, 1.165) is 55.7 Å². The van der Waals surface area contributed by atoms with E-state index in [1.807, 2.05) is 19.1 Å². The summed E-state index contributed by atoms with van der Waals surface area (Å²) in [5.74, 6) is 3.45. The summed E-state index contributed by atoms with van der Waals surface area (Å²) in [5.41, 5.74) is 1.21. The van der Waals surface area contributed by atoms with Gasteiger partial charge in [-0.05, 0) is 26.5 Å². The van der Waals surface area contributed by atoms with Gasteiger partial charge in [-0.1, -0.05) is 12.1 Å². The minimum Gasteiger partial charge on any atom is -0.486 e. The van der Waals surface area contributed by atoms with Crippen molar-refractivity contribution in [1.29, 1.82) is 0 Å². The zero-order valence-corrected chi connectivity index (χ0v) is 14.9. The molecule has 2 aromatic rings. The monoisotopic (exact) mass is 343 g/mol. The predicted octanol–water partition coefficient (Wildman–Crippen LogP) is 2.46. The Morgan fingerprint density at radius 1 is 1.28 bits per heavy atom. The van der Waals surface area contributed by atoms with Crippen molar-refractivity contribution in [2.24, 2.45) is 0 Å². The van der Waals surface area contributed by atoms with Gasteiger partial charge in [0.1, 0.15) is 19.0 Å². The van der Waals surface area contributed by atoms with Crippen molar-refractivity contribution in [3.63, 3.8) is 0 Å². The van der Waals surface area contributed by atoms with Crippen LogP contribution >= 0.6 is 0 Å². The van der Waals surface area contributed by atoms with Crippen molar-refractivity contribution in [3.05, 3.63) is 41.6 Å². The molecule has 1 saturated heterocycles. The summed E-state index contributed by atoms with van der Waals surface area (Å²) < 4.78 is 17.1. The summed E-state index contributed by atoms with van der Waals surface area (Å²) in [4.78, 5) is 9.13. The Kier molecular flexibility index (Phi) is 4.63. The minimum absolute atomic E-state index is 0.518. The van der Waals surface area contributed by atoms with Gasteiger partial charge in [-0.25, -0.2) is 4.98 Å². The Morgan fingerprint density at radius 2 is 2.16 bits per heavy atom. The fourth-order valence-electron chi connectivity index (χ4n) is 3.63. The van der Waals surface area contributed by atoms with E-state index in [1.165, 1.54) is 5.56 Å². The molecule has 4 rings (SSSR count). The summed E-state index contributed by atoms with van der Waals surface area (Å²) >= 11 is 0. The van der Waals surface area contributed by atoms with E-state index >= 15 is 0 Å². The van der Waals surface area contributed by atoms with Crippen LogP contribution in [-0.2, 0) is 13.1 Å². The van der Waals surface area contributed by atoms with Gasteiger partial charge in [-0.15, -0.1) is 0 Å². The van der Waals surface area contributed by atoms with E-state index in [2.05, 4.69) is 27.9 Å². The maximum absolute atomic E-state index is 5.84. The normalized spacial score (nSPS) is 20.4. The molecule has 2 aliphatic heterocycles. The van der Waals surface area contributed by atoms with Crippen molar-refractivity contribution in [2.45, 2.75) is 32.5 Å². The quantitative estimate of drug-likeness (QED) is 0.831. The summed E-state index contributed by atoms with van der Waals surface area (Å²) in [6, 6.07) is 6.69. The van der Waals surface area contributed by atoms with Crippen LogP contribution in [-0.4, -0.2) is 54.2 Å². The van der Waals surface area contributed by atoms with Gasteiger partial charge in [0.2, 0.25) is 5.89 Å². The lowest BCUT2D eigenvalue weighted by Crippen LogP contribution is -2.34. The Labute approximate surface area is 148 Å². The number of likely N-dealkylation sites (tertiary alicyclic amines) is 1. The third kappa shape index (κ3) is 3.65. The van der Waals surface area contributed by atoms with Crippen molar-refractivity contribution in [2.75, 3.05) is 33.4 Å². The average molecular weight is 343 g/mol. The largest absolute Gasteiger partial charge is 0.486 e. The Hall–Kier alpha value is -2.05. The molecule has 25 heavy (non-hydrogen) atoms. The number of likely N-dealkylation sites (N-methyl/N-ethyl adjacent to an activating group) is 1. The number of aromatic nitrogens is 1. The lowest BCUT2D eigenvalue weighted by atomic mass is 10.1. The molecule has 1 aromatic carbocycles. The van der Waals surface area contributed by atoms with Gasteiger partial charge in [0.05, 0.1) is 12.7 Å². The molecule has 3 heterocycles. The number of rotatable bonds is 5. The fourth-order valence-corrected chi connectivity index (χ4v) is 3.63. The maximum Gasteiger partial charge on any atom is 0.208 e. The molecule has 0 saturated carbocycles. The number of fused-ring (bicyclic) bond motifs is 1. The van der Waals surface area contributed by atoms with Gasteiger partial charge in [0.25, 0.3) is 0 Å². The molecule has 0 amide bonds. The van der Waals surface area contributed by atoms with Gasteiger partial charge >= 0.3 is 0 Å². The predicted molar refractivity (Wildman–Crippen MR) is 93.8 cm³/mol. The van der Waals surface area contributed by atoms with Gasteiger partial charge < -0.3 is 13.9 Å². The minimum atomic E-state index is 0.518. The van der Waals surface area contributed by atoms with E-state index in [1.54, 1.807) is 6.20 Å². The highest BCUT2D eigenvalue weighted by atomic mass is 16.6. The van der Waals surface area contributed by atoms with Crippen molar-refractivity contribution in [3.8, 4) is 11.5 Å². The fraction of sp³-hybridized carbons (Fsp3) is 0.526. The van der Waals surface area contributed by atoms with Gasteiger partial charge in [-0.2, -0.15) is 0 Å². The number of para-hydroxylation sites is 1. The summed E-state index contributed by atoms with van der Waals surface area (Å²) in [5, 5.41) is 0. The molecule has 0 bridgehead atoms. The van der Waals surface area contributed by atoms with E-state index in [4.69, 9.17) is 13.9 Å². The molecular weight excluding hydrogens is 318 g/mol. The Bertz CT molecular complexity index is 730. The molecule has 0 N–H and O–H groups in total. The van der Waals surface area contributed by atoms with Crippen molar-refractivity contribution in [1.82, 2.24) is 14.8 Å². The van der Waals surface area contributed by atoms with Crippen LogP contribution in [0.15, 0.2) is 28.8 Å². The van der Waals surface area contributed by atoms with E-state index in [-0.39, 0.29) is 0 Å². The van der Waals surface area contributed by atoms with Gasteiger partial charge in [0, 0.05) is 31.2 Å². The van der Waals surface area contributed by atoms with Crippen LogP contribution < -0.4 is 9.47 Å². The molecular formula is C19H25N3O3. The van der Waals surface area contributed by atoms with E-state index < -0.39 is 0 Å². The van der Waals surface area contributed by atoms with Crippen LogP contribution in [0.4, 0.5) is 0 Å². The van der Waals surface area contributed by atoms with Crippen molar-refractivity contribution < 1.29 is 13.9 Å². The Morgan fingerprint density at radius 3 is 3.00 bits per heavy atom. The molecule has 0 aliphatic carbocycles. The molecule has 134 valence electrons. The van der Waals surface area contributed by atoms with Crippen LogP contribution in [0.3, 0.4) is 0 Å². The van der Waals surface area contributed by atoms with Crippen LogP contribution in [0.5, 0.6) is 11.5 Å². The van der Waals surface area contributed by atoms with E-state index in [9.17, 15) is 0 Å². The highest BCUT2D eigenvalue weighted by molar-refractivity contribution is 5.47. The number of hydrogen-bond donors (Lipinski definition) is 0. The second-order valence-corrected chi connectivity index (χ2v) is 6.90.